The minimum Gasteiger partial charge on any atom is -0.488 e. The van der Waals surface area contributed by atoms with Crippen LogP contribution in [-0.2, 0) is 4.74 Å². The van der Waals surface area contributed by atoms with E-state index >= 15 is 0 Å². The SMILES string of the molecule is COC[C@H](C)Oc1cc(/C=C/c2cccc(Br)c2)cc(C(=O)Nc2cnccn2)c1. The number of benzene rings is 2. The fourth-order valence-electron chi connectivity index (χ4n) is 2.77. The molecule has 0 fully saturated rings. The number of aromatic nitrogens is 2. The van der Waals surface area contributed by atoms with E-state index in [2.05, 4.69) is 31.2 Å². The molecule has 3 aromatic rings. The van der Waals surface area contributed by atoms with Crippen molar-refractivity contribution in [3.63, 3.8) is 0 Å². The molecular formula is C23H22BrN3O3. The molecule has 3 rings (SSSR count). The van der Waals surface area contributed by atoms with Crippen molar-refractivity contribution in [1.82, 2.24) is 9.97 Å². The second-order valence-electron chi connectivity index (χ2n) is 6.61. The maximum absolute atomic E-state index is 12.8. The number of methoxy groups -OCH3 is 1. The van der Waals surface area contributed by atoms with Gasteiger partial charge in [0, 0.05) is 29.5 Å². The summed E-state index contributed by atoms with van der Waals surface area (Å²) in [7, 11) is 1.62. The Kier molecular flexibility index (Phi) is 7.70. The normalized spacial score (nSPS) is 12.0. The van der Waals surface area contributed by atoms with Crippen LogP contribution in [0, 0.1) is 0 Å². The van der Waals surface area contributed by atoms with E-state index in [1.54, 1.807) is 25.4 Å². The molecule has 1 atom stereocenters. The third-order valence-electron chi connectivity index (χ3n) is 4.05. The van der Waals surface area contributed by atoms with Gasteiger partial charge in [-0.25, -0.2) is 4.98 Å². The molecule has 7 heteroatoms. The van der Waals surface area contributed by atoms with Gasteiger partial charge in [0.2, 0.25) is 0 Å². The van der Waals surface area contributed by atoms with E-state index in [-0.39, 0.29) is 12.0 Å². The number of halogens is 1. The topological polar surface area (TPSA) is 73.3 Å². The second-order valence-corrected chi connectivity index (χ2v) is 7.52. The van der Waals surface area contributed by atoms with Crippen molar-refractivity contribution >= 4 is 39.8 Å². The van der Waals surface area contributed by atoms with Crippen molar-refractivity contribution in [3.8, 4) is 5.75 Å². The van der Waals surface area contributed by atoms with E-state index in [4.69, 9.17) is 9.47 Å². The third-order valence-corrected chi connectivity index (χ3v) is 4.54. The van der Waals surface area contributed by atoms with Crippen LogP contribution >= 0.6 is 15.9 Å². The van der Waals surface area contributed by atoms with Crippen LogP contribution in [-0.4, -0.2) is 35.7 Å². The van der Waals surface area contributed by atoms with Crippen molar-refractivity contribution in [1.29, 1.82) is 0 Å². The lowest BCUT2D eigenvalue weighted by molar-refractivity contribution is 0.0917. The summed E-state index contributed by atoms with van der Waals surface area (Å²) in [6, 6.07) is 13.3. The monoisotopic (exact) mass is 467 g/mol. The Labute approximate surface area is 184 Å². The van der Waals surface area contributed by atoms with E-state index < -0.39 is 0 Å². The van der Waals surface area contributed by atoms with Gasteiger partial charge in [0.15, 0.2) is 5.82 Å². The van der Waals surface area contributed by atoms with Crippen LogP contribution in [0.15, 0.2) is 65.5 Å². The molecule has 0 bridgehead atoms. The highest BCUT2D eigenvalue weighted by atomic mass is 79.9. The lowest BCUT2D eigenvalue weighted by Crippen LogP contribution is -2.19. The molecule has 154 valence electrons. The first-order valence-electron chi connectivity index (χ1n) is 9.35. The lowest BCUT2D eigenvalue weighted by atomic mass is 10.1. The number of carbonyl (C=O) groups is 1. The summed E-state index contributed by atoms with van der Waals surface area (Å²) in [4.78, 5) is 20.8. The van der Waals surface area contributed by atoms with E-state index in [9.17, 15) is 4.79 Å². The summed E-state index contributed by atoms with van der Waals surface area (Å²) in [6.07, 6.45) is 8.32. The largest absolute Gasteiger partial charge is 0.488 e. The Morgan fingerprint density at radius 1 is 1.17 bits per heavy atom. The third kappa shape index (κ3) is 6.50. The molecule has 0 saturated carbocycles. The zero-order chi connectivity index (χ0) is 21.3. The quantitative estimate of drug-likeness (QED) is 0.467. The molecule has 1 aromatic heterocycles. The maximum atomic E-state index is 12.8. The molecule has 0 aliphatic heterocycles. The lowest BCUT2D eigenvalue weighted by Gasteiger charge is -2.15. The molecule has 6 nitrogen and oxygen atoms in total. The van der Waals surface area contributed by atoms with Crippen LogP contribution in [0.2, 0.25) is 0 Å². The van der Waals surface area contributed by atoms with Crippen molar-refractivity contribution < 1.29 is 14.3 Å². The van der Waals surface area contributed by atoms with Gasteiger partial charge < -0.3 is 14.8 Å². The number of nitrogens with zero attached hydrogens (tertiary/aromatic N) is 2. The van der Waals surface area contributed by atoms with E-state index in [0.29, 0.717) is 23.7 Å². The zero-order valence-corrected chi connectivity index (χ0v) is 18.3. The standard InChI is InChI=1S/C23H22BrN3O3/c1-16(15-29-2)30-21-12-18(7-6-17-4-3-5-20(24)11-17)10-19(13-21)23(28)27-22-14-25-8-9-26-22/h3-14,16H,15H2,1-2H3,(H,26,27,28)/b7-6+/t16-/m0/s1. The van der Waals surface area contributed by atoms with Crippen LogP contribution in [0.25, 0.3) is 12.2 Å². The molecule has 0 saturated heterocycles. The summed E-state index contributed by atoms with van der Waals surface area (Å²) in [5.74, 6) is 0.672. The summed E-state index contributed by atoms with van der Waals surface area (Å²) < 4.78 is 12.1. The molecule has 2 aromatic carbocycles. The number of hydrogen-bond acceptors (Lipinski definition) is 5. The van der Waals surface area contributed by atoms with Crippen LogP contribution in [0.1, 0.15) is 28.4 Å². The fourth-order valence-corrected chi connectivity index (χ4v) is 3.19. The number of ether oxygens (including phenoxy) is 2. The Hall–Kier alpha value is -3.03. The van der Waals surface area contributed by atoms with Gasteiger partial charge in [0.1, 0.15) is 11.9 Å². The number of carbonyl (C=O) groups excluding carboxylic acids is 1. The molecule has 1 amide bonds. The van der Waals surface area contributed by atoms with Crippen molar-refractivity contribution in [3.05, 3.63) is 82.2 Å². The first kappa shape index (κ1) is 21.7. The molecule has 0 spiro atoms. The van der Waals surface area contributed by atoms with Crippen LogP contribution in [0.4, 0.5) is 5.82 Å². The molecule has 0 aliphatic rings. The van der Waals surface area contributed by atoms with Crippen molar-refractivity contribution in [2.24, 2.45) is 0 Å². The van der Waals surface area contributed by atoms with Gasteiger partial charge in [-0.15, -0.1) is 0 Å². The van der Waals surface area contributed by atoms with Gasteiger partial charge in [0.25, 0.3) is 5.91 Å². The van der Waals surface area contributed by atoms with Gasteiger partial charge in [-0.05, 0) is 48.4 Å². The van der Waals surface area contributed by atoms with Crippen LogP contribution in [0.5, 0.6) is 5.75 Å². The Balaban J connectivity index is 1.88. The molecule has 30 heavy (non-hydrogen) atoms. The number of nitrogens with one attached hydrogen (secondary N) is 1. The van der Waals surface area contributed by atoms with E-state index in [0.717, 1.165) is 15.6 Å². The van der Waals surface area contributed by atoms with Crippen LogP contribution in [0.3, 0.4) is 0 Å². The maximum Gasteiger partial charge on any atom is 0.257 e. The zero-order valence-electron chi connectivity index (χ0n) is 16.7. The highest BCUT2D eigenvalue weighted by Crippen LogP contribution is 2.22. The van der Waals surface area contributed by atoms with Crippen molar-refractivity contribution in [2.75, 3.05) is 19.0 Å². The summed E-state index contributed by atoms with van der Waals surface area (Å²) >= 11 is 3.47. The highest BCUT2D eigenvalue weighted by Gasteiger charge is 2.12. The predicted molar refractivity (Wildman–Crippen MR) is 121 cm³/mol. The second kappa shape index (κ2) is 10.7. The molecule has 0 aliphatic carbocycles. The molecule has 1 heterocycles. The minimum absolute atomic E-state index is 0.157. The first-order valence-corrected chi connectivity index (χ1v) is 10.1. The number of rotatable bonds is 8. The molecular weight excluding hydrogens is 446 g/mol. The Bertz CT molecular complexity index is 1030. The van der Waals surface area contributed by atoms with Crippen LogP contribution < -0.4 is 10.1 Å². The summed E-state index contributed by atoms with van der Waals surface area (Å²) in [5, 5.41) is 2.75. The van der Waals surface area contributed by atoms with Gasteiger partial charge in [0.05, 0.1) is 12.8 Å². The molecule has 0 unspecified atom stereocenters. The smallest absolute Gasteiger partial charge is 0.257 e. The fraction of sp³-hybridized carbons (Fsp3) is 0.174. The Morgan fingerprint density at radius 2 is 2.00 bits per heavy atom. The average Bonchev–Trinajstić information content (AvgIpc) is 2.73. The Morgan fingerprint density at radius 3 is 2.73 bits per heavy atom. The number of anilines is 1. The van der Waals surface area contributed by atoms with Crippen molar-refractivity contribution in [2.45, 2.75) is 13.0 Å². The summed E-state index contributed by atoms with van der Waals surface area (Å²) in [6.45, 7) is 2.35. The van der Waals surface area contributed by atoms with Gasteiger partial charge in [-0.3, -0.25) is 9.78 Å². The summed E-state index contributed by atoms with van der Waals surface area (Å²) in [5.41, 5.74) is 2.33. The average molecular weight is 468 g/mol. The molecule has 1 N–H and O–H groups in total. The van der Waals surface area contributed by atoms with Gasteiger partial charge in [-0.2, -0.15) is 0 Å². The first-order chi connectivity index (χ1) is 14.5. The number of hydrogen-bond donors (Lipinski definition) is 1. The van der Waals surface area contributed by atoms with Gasteiger partial charge >= 0.3 is 0 Å². The highest BCUT2D eigenvalue weighted by molar-refractivity contribution is 9.10. The number of amides is 1. The van der Waals surface area contributed by atoms with Gasteiger partial charge in [-0.1, -0.05) is 40.2 Å². The molecule has 0 radical (unpaired) electrons. The predicted octanol–water partition coefficient (Wildman–Crippen LogP) is 5.08. The van der Waals surface area contributed by atoms with E-state index in [1.165, 1.54) is 12.4 Å². The van der Waals surface area contributed by atoms with E-state index in [1.807, 2.05) is 49.4 Å². The minimum atomic E-state index is -0.294.